The molecule has 5 N–H and O–H groups in total. The third-order valence-corrected chi connectivity index (χ3v) is 3.04. The number of nitrogens with two attached hydrogens (primary N) is 1. The number of nitrogens with zero attached hydrogens (tertiary/aromatic N) is 1. The highest BCUT2D eigenvalue weighted by Crippen LogP contribution is 2.30. The van der Waals surface area contributed by atoms with Crippen LogP contribution in [-0.2, 0) is 0 Å². The van der Waals surface area contributed by atoms with E-state index in [-0.39, 0.29) is 27.1 Å². The number of imidazole rings is 1. The topological polar surface area (TPSA) is 113 Å². The van der Waals surface area contributed by atoms with E-state index in [9.17, 15) is 9.59 Å². The van der Waals surface area contributed by atoms with E-state index in [1.807, 2.05) is 5.43 Å². The highest BCUT2D eigenvalue weighted by Gasteiger charge is 2.21. The number of halogens is 2. The third-order valence-electron chi connectivity index (χ3n) is 2.41. The lowest BCUT2D eigenvalue weighted by Crippen LogP contribution is -2.32. The van der Waals surface area contributed by atoms with Gasteiger partial charge in [-0.15, -0.1) is 0 Å². The lowest BCUT2D eigenvalue weighted by atomic mass is 10.2. The van der Waals surface area contributed by atoms with Gasteiger partial charge >= 0.3 is 0 Å². The van der Waals surface area contributed by atoms with Crippen LogP contribution in [0.2, 0.25) is 10.0 Å². The molecule has 0 saturated carbocycles. The number of anilines is 1. The molecular formula is C11H9Cl2N5O2. The Labute approximate surface area is 123 Å². The van der Waals surface area contributed by atoms with Crippen LogP contribution in [0.4, 0.5) is 5.69 Å². The molecule has 1 aromatic heterocycles. The Bertz CT molecular complexity index is 650. The molecule has 20 heavy (non-hydrogen) atoms. The van der Waals surface area contributed by atoms with Crippen molar-refractivity contribution >= 4 is 40.7 Å². The van der Waals surface area contributed by atoms with Crippen molar-refractivity contribution in [2.45, 2.75) is 0 Å². The molecule has 0 aliphatic carbocycles. The highest BCUT2D eigenvalue weighted by molar-refractivity contribution is 6.40. The number of amides is 2. The molecule has 1 aromatic carbocycles. The van der Waals surface area contributed by atoms with Gasteiger partial charge in [-0.05, 0) is 12.1 Å². The van der Waals surface area contributed by atoms with Crippen LogP contribution in [0, 0.1) is 0 Å². The quantitative estimate of drug-likeness (QED) is 0.391. The van der Waals surface area contributed by atoms with E-state index < -0.39 is 11.8 Å². The van der Waals surface area contributed by atoms with Crippen LogP contribution < -0.4 is 16.6 Å². The van der Waals surface area contributed by atoms with Gasteiger partial charge in [0.1, 0.15) is 5.69 Å². The first-order chi connectivity index (χ1) is 9.54. The summed E-state index contributed by atoms with van der Waals surface area (Å²) in [6.07, 6.45) is 1.20. The summed E-state index contributed by atoms with van der Waals surface area (Å²) in [5.74, 6) is 3.70. The van der Waals surface area contributed by atoms with E-state index in [2.05, 4.69) is 15.3 Å². The van der Waals surface area contributed by atoms with Crippen LogP contribution in [0.1, 0.15) is 21.0 Å². The van der Waals surface area contributed by atoms with Gasteiger partial charge in [0, 0.05) is 0 Å². The minimum Gasteiger partial charge on any atom is -0.340 e. The molecule has 2 aromatic rings. The third kappa shape index (κ3) is 2.74. The Morgan fingerprint density at radius 3 is 2.45 bits per heavy atom. The molecule has 9 heteroatoms. The van der Waals surface area contributed by atoms with E-state index in [1.54, 1.807) is 18.2 Å². The molecule has 0 bridgehead atoms. The standard InChI is InChI=1S/C11H9Cl2N5O2/c12-5-2-1-3-6(13)7(5)17-10(19)8-9(11(20)18-14)16-4-15-8/h1-4H,14H2,(H,15,16)(H,17,19)(H,18,20). The van der Waals surface area contributed by atoms with Crippen molar-refractivity contribution in [2.24, 2.45) is 5.84 Å². The molecule has 0 radical (unpaired) electrons. The molecule has 1 heterocycles. The van der Waals surface area contributed by atoms with Crippen molar-refractivity contribution in [3.05, 3.63) is 46.0 Å². The summed E-state index contributed by atoms with van der Waals surface area (Å²) < 4.78 is 0. The van der Waals surface area contributed by atoms with Gasteiger partial charge in [0.05, 0.1) is 22.1 Å². The fourth-order valence-corrected chi connectivity index (χ4v) is 1.99. The number of hydrazine groups is 1. The van der Waals surface area contributed by atoms with Crippen LogP contribution >= 0.6 is 23.2 Å². The zero-order valence-corrected chi connectivity index (χ0v) is 11.4. The predicted octanol–water partition coefficient (Wildman–Crippen LogP) is 1.57. The van der Waals surface area contributed by atoms with Crippen molar-refractivity contribution in [3.8, 4) is 0 Å². The molecule has 0 fully saturated rings. The number of para-hydroxylation sites is 1. The van der Waals surface area contributed by atoms with Crippen molar-refractivity contribution in [3.63, 3.8) is 0 Å². The Kier molecular flexibility index (Phi) is 4.23. The molecule has 2 amide bonds. The molecule has 104 valence electrons. The molecule has 0 atom stereocenters. The molecule has 0 unspecified atom stereocenters. The average Bonchev–Trinajstić information content (AvgIpc) is 2.91. The summed E-state index contributed by atoms with van der Waals surface area (Å²) in [5.41, 5.74) is 1.96. The first-order valence-corrected chi connectivity index (χ1v) is 6.10. The van der Waals surface area contributed by atoms with Gasteiger partial charge in [-0.3, -0.25) is 15.0 Å². The highest BCUT2D eigenvalue weighted by atomic mass is 35.5. The first-order valence-electron chi connectivity index (χ1n) is 5.34. The van der Waals surface area contributed by atoms with E-state index >= 15 is 0 Å². The molecule has 0 spiro atoms. The van der Waals surface area contributed by atoms with Crippen molar-refractivity contribution in [2.75, 3.05) is 5.32 Å². The Morgan fingerprint density at radius 2 is 1.85 bits per heavy atom. The summed E-state index contributed by atoms with van der Waals surface area (Å²) in [5, 5.41) is 3.05. The number of carbonyl (C=O) groups is 2. The number of aromatic amines is 1. The molecule has 7 nitrogen and oxygen atoms in total. The summed E-state index contributed by atoms with van der Waals surface area (Å²) in [6.45, 7) is 0. The number of hydrogen-bond donors (Lipinski definition) is 4. The van der Waals surface area contributed by atoms with Crippen molar-refractivity contribution < 1.29 is 9.59 Å². The summed E-state index contributed by atoms with van der Waals surface area (Å²) in [4.78, 5) is 29.8. The van der Waals surface area contributed by atoms with E-state index in [0.29, 0.717) is 0 Å². The van der Waals surface area contributed by atoms with Crippen molar-refractivity contribution in [1.29, 1.82) is 0 Å². The van der Waals surface area contributed by atoms with Crippen LogP contribution in [0.15, 0.2) is 24.5 Å². The summed E-state index contributed by atoms with van der Waals surface area (Å²) in [7, 11) is 0. The van der Waals surface area contributed by atoms with Gasteiger partial charge < -0.3 is 10.3 Å². The minimum atomic E-state index is -0.693. The molecule has 0 saturated heterocycles. The number of H-pyrrole nitrogens is 1. The number of hydrogen-bond acceptors (Lipinski definition) is 4. The van der Waals surface area contributed by atoms with Gasteiger partial charge in [-0.25, -0.2) is 10.8 Å². The number of benzene rings is 1. The number of rotatable bonds is 3. The molecule has 2 rings (SSSR count). The molecular weight excluding hydrogens is 305 g/mol. The fourth-order valence-electron chi connectivity index (χ4n) is 1.50. The number of nitrogen functional groups attached to an aromatic ring is 1. The van der Waals surface area contributed by atoms with Crippen LogP contribution in [-0.4, -0.2) is 21.8 Å². The Morgan fingerprint density at radius 1 is 1.20 bits per heavy atom. The fraction of sp³-hybridized carbons (Fsp3) is 0. The van der Waals surface area contributed by atoms with Crippen LogP contribution in [0.3, 0.4) is 0 Å². The Hall–Kier alpha value is -2.09. The smallest absolute Gasteiger partial charge is 0.286 e. The van der Waals surface area contributed by atoms with Crippen molar-refractivity contribution in [1.82, 2.24) is 15.4 Å². The maximum absolute atomic E-state index is 12.1. The van der Waals surface area contributed by atoms with Gasteiger partial charge in [-0.1, -0.05) is 29.3 Å². The maximum Gasteiger partial charge on any atom is 0.286 e. The average molecular weight is 314 g/mol. The second kappa shape index (κ2) is 5.91. The number of nitrogens with one attached hydrogen (secondary N) is 3. The molecule has 0 aliphatic rings. The lowest BCUT2D eigenvalue weighted by Gasteiger charge is -2.08. The minimum absolute atomic E-state index is 0.0519. The maximum atomic E-state index is 12.1. The molecule has 0 aliphatic heterocycles. The zero-order valence-electron chi connectivity index (χ0n) is 9.91. The lowest BCUT2D eigenvalue weighted by molar-refractivity contribution is 0.0935. The normalized spacial score (nSPS) is 10.2. The zero-order chi connectivity index (χ0) is 14.7. The Balaban J connectivity index is 2.30. The summed E-state index contributed by atoms with van der Waals surface area (Å²) >= 11 is 11.9. The summed E-state index contributed by atoms with van der Waals surface area (Å²) in [6, 6.07) is 4.79. The monoisotopic (exact) mass is 313 g/mol. The van der Waals surface area contributed by atoms with E-state index in [4.69, 9.17) is 29.0 Å². The van der Waals surface area contributed by atoms with Crippen LogP contribution in [0.25, 0.3) is 0 Å². The van der Waals surface area contributed by atoms with Crippen LogP contribution in [0.5, 0.6) is 0 Å². The van der Waals surface area contributed by atoms with Gasteiger partial charge in [0.2, 0.25) is 0 Å². The largest absolute Gasteiger partial charge is 0.340 e. The second-order valence-electron chi connectivity index (χ2n) is 3.65. The second-order valence-corrected chi connectivity index (χ2v) is 4.46. The number of carbonyl (C=O) groups excluding carboxylic acids is 2. The SMILES string of the molecule is NNC(=O)c1nc[nH]c1C(=O)Nc1c(Cl)cccc1Cl. The number of aromatic nitrogens is 2. The first kappa shape index (κ1) is 14.3. The van der Waals surface area contributed by atoms with E-state index in [1.165, 1.54) is 6.33 Å². The van der Waals surface area contributed by atoms with Gasteiger partial charge in [0.15, 0.2) is 5.69 Å². The van der Waals surface area contributed by atoms with E-state index in [0.717, 1.165) is 0 Å². The predicted molar refractivity (Wildman–Crippen MR) is 74.7 cm³/mol. The van der Waals surface area contributed by atoms with Gasteiger partial charge in [0.25, 0.3) is 11.8 Å². The van der Waals surface area contributed by atoms with Gasteiger partial charge in [-0.2, -0.15) is 0 Å².